The van der Waals surface area contributed by atoms with E-state index >= 15 is 0 Å². The van der Waals surface area contributed by atoms with Crippen LogP contribution in [-0.4, -0.2) is 34.7 Å². The first kappa shape index (κ1) is 15.1. The highest BCUT2D eigenvalue weighted by atomic mass is 16.7. The largest absolute Gasteiger partial charge is 0.356 e. The molecule has 0 spiro atoms. The molecule has 1 rings (SSSR count). The molecular formula is C14H22O4. The first-order chi connectivity index (χ1) is 8.74. The van der Waals surface area contributed by atoms with E-state index in [1.165, 1.54) is 5.56 Å². The van der Waals surface area contributed by atoms with E-state index in [0.29, 0.717) is 0 Å². The van der Waals surface area contributed by atoms with E-state index in [4.69, 9.17) is 18.9 Å². The first-order valence-corrected chi connectivity index (χ1v) is 5.95. The fourth-order valence-corrected chi connectivity index (χ4v) is 1.83. The Hall–Kier alpha value is -0.940. The standard InChI is InChI=1S/C14H22O4/c1-15-13(16-2)10-7-11-5-8-12(9-6-11)14(17-3)18-4/h5-6,8-9,13-14H,7,10H2,1-4H3. The molecule has 0 N–H and O–H groups in total. The number of benzene rings is 1. The van der Waals surface area contributed by atoms with Crippen molar-refractivity contribution < 1.29 is 18.9 Å². The van der Waals surface area contributed by atoms with Gasteiger partial charge in [-0.1, -0.05) is 24.3 Å². The smallest absolute Gasteiger partial charge is 0.183 e. The molecule has 0 aliphatic rings. The first-order valence-electron chi connectivity index (χ1n) is 5.95. The second-order valence-electron chi connectivity index (χ2n) is 3.98. The van der Waals surface area contributed by atoms with E-state index in [1.54, 1.807) is 28.4 Å². The summed E-state index contributed by atoms with van der Waals surface area (Å²) < 4.78 is 20.7. The van der Waals surface area contributed by atoms with Gasteiger partial charge in [0.2, 0.25) is 0 Å². The summed E-state index contributed by atoms with van der Waals surface area (Å²) in [4.78, 5) is 0. The Morgan fingerprint density at radius 3 is 1.83 bits per heavy atom. The van der Waals surface area contributed by atoms with Crippen molar-refractivity contribution in [3.05, 3.63) is 35.4 Å². The van der Waals surface area contributed by atoms with Crippen LogP contribution in [0.4, 0.5) is 0 Å². The molecule has 0 amide bonds. The lowest BCUT2D eigenvalue weighted by atomic mass is 10.1. The second kappa shape index (κ2) is 8.21. The van der Waals surface area contributed by atoms with Gasteiger partial charge in [-0.05, 0) is 12.0 Å². The highest BCUT2D eigenvalue weighted by Gasteiger charge is 2.09. The third-order valence-corrected chi connectivity index (χ3v) is 2.87. The van der Waals surface area contributed by atoms with Crippen LogP contribution in [0.25, 0.3) is 0 Å². The van der Waals surface area contributed by atoms with Crippen LogP contribution in [0.5, 0.6) is 0 Å². The molecule has 0 atom stereocenters. The minimum atomic E-state index is -0.301. The van der Waals surface area contributed by atoms with Crippen LogP contribution in [0, 0.1) is 0 Å². The highest BCUT2D eigenvalue weighted by Crippen LogP contribution is 2.18. The van der Waals surface area contributed by atoms with Crippen LogP contribution in [0.2, 0.25) is 0 Å². The number of ether oxygens (including phenoxy) is 4. The van der Waals surface area contributed by atoms with Crippen molar-refractivity contribution in [1.82, 2.24) is 0 Å². The summed E-state index contributed by atoms with van der Waals surface area (Å²) in [6.45, 7) is 0. The molecule has 0 aliphatic heterocycles. The Balaban J connectivity index is 2.54. The summed E-state index contributed by atoms with van der Waals surface area (Å²) in [5, 5.41) is 0. The average molecular weight is 254 g/mol. The van der Waals surface area contributed by atoms with Crippen molar-refractivity contribution >= 4 is 0 Å². The van der Waals surface area contributed by atoms with Crippen molar-refractivity contribution in [2.75, 3.05) is 28.4 Å². The van der Waals surface area contributed by atoms with Crippen LogP contribution in [0.1, 0.15) is 23.8 Å². The fourth-order valence-electron chi connectivity index (χ4n) is 1.83. The van der Waals surface area contributed by atoms with Crippen molar-refractivity contribution in [3.63, 3.8) is 0 Å². The van der Waals surface area contributed by atoms with Gasteiger partial charge in [0.15, 0.2) is 12.6 Å². The summed E-state index contributed by atoms with van der Waals surface area (Å²) in [7, 11) is 6.56. The van der Waals surface area contributed by atoms with Gasteiger partial charge in [-0.25, -0.2) is 0 Å². The zero-order chi connectivity index (χ0) is 13.4. The summed E-state index contributed by atoms with van der Waals surface area (Å²) >= 11 is 0. The molecular weight excluding hydrogens is 232 g/mol. The van der Waals surface area contributed by atoms with Crippen molar-refractivity contribution in [3.8, 4) is 0 Å². The summed E-state index contributed by atoms with van der Waals surface area (Å²) in [6, 6.07) is 8.18. The molecule has 4 heteroatoms. The number of aryl methyl sites for hydroxylation is 1. The zero-order valence-corrected chi connectivity index (χ0v) is 11.5. The topological polar surface area (TPSA) is 36.9 Å². The number of rotatable bonds is 8. The van der Waals surface area contributed by atoms with Gasteiger partial charge < -0.3 is 18.9 Å². The molecule has 0 saturated heterocycles. The van der Waals surface area contributed by atoms with Crippen LogP contribution < -0.4 is 0 Å². The summed E-state index contributed by atoms with van der Waals surface area (Å²) in [5.41, 5.74) is 2.25. The molecule has 0 fully saturated rings. The molecule has 1 aromatic carbocycles. The predicted molar refractivity (Wildman–Crippen MR) is 69.3 cm³/mol. The van der Waals surface area contributed by atoms with E-state index in [-0.39, 0.29) is 12.6 Å². The van der Waals surface area contributed by atoms with Gasteiger partial charge in [-0.2, -0.15) is 0 Å². The van der Waals surface area contributed by atoms with Gasteiger partial charge in [0.25, 0.3) is 0 Å². The van der Waals surface area contributed by atoms with E-state index in [0.717, 1.165) is 18.4 Å². The van der Waals surface area contributed by atoms with Gasteiger partial charge in [0.1, 0.15) is 0 Å². The van der Waals surface area contributed by atoms with Crippen LogP contribution in [0.15, 0.2) is 24.3 Å². The maximum Gasteiger partial charge on any atom is 0.183 e. The minimum absolute atomic E-state index is 0.143. The normalized spacial score (nSPS) is 11.4. The molecule has 0 heterocycles. The fraction of sp³-hybridized carbons (Fsp3) is 0.571. The maximum absolute atomic E-state index is 5.20. The molecule has 0 unspecified atom stereocenters. The lowest BCUT2D eigenvalue weighted by molar-refractivity contribution is -0.106. The van der Waals surface area contributed by atoms with Gasteiger partial charge in [-0.3, -0.25) is 0 Å². The van der Waals surface area contributed by atoms with E-state index in [9.17, 15) is 0 Å². The third-order valence-electron chi connectivity index (χ3n) is 2.87. The predicted octanol–water partition coefficient (Wildman–Crippen LogP) is 2.53. The van der Waals surface area contributed by atoms with Gasteiger partial charge >= 0.3 is 0 Å². The van der Waals surface area contributed by atoms with Crippen molar-refractivity contribution in [1.29, 1.82) is 0 Å². The zero-order valence-electron chi connectivity index (χ0n) is 11.5. The van der Waals surface area contributed by atoms with Crippen molar-refractivity contribution in [2.24, 2.45) is 0 Å². The van der Waals surface area contributed by atoms with Gasteiger partial charge in [0.05, 0.1) is 0 Å². The molecule has 0 aliphatic carbocycles. The average Bonchev–Trinajstić information content (AvgIpc) is 2.43. The Morgan fingerprint density at radius 1 is 0.833 bits per heavy atom. The Bertz CT molecular complexity index is 315. The minimum Gasteiger partial charge on any atom is -0.356 e. The van der Waals surface area contributed by atoms with Gasteiger partial charge in [0, 0.05) is 40.4 Å². The second-order valence-corrected chi connectivity index (χ2v) is 3.98. The molecule has 0 saturated carbocycles. The quantitative estimate of drug-likeness (QED) is 0.668. The molecule has 0 bridgehead atoms. The number of hydrogen-bond donors (Lipinski definition) is 0. The monoisotopic (exact) mass is 254 g/mol. The van der Waals surface area contributed by atoms with Crippen LogP contribution in [0.3, 0.4) is 0 Å². The molecule has 4 nitrogen and oxygen atoms in total. The number of methoxy groups -OCH3 is 4. The molecule has 102 valence electrons. The van der Waals surface area contributed by atoms with Crippen LogP contribution in [-0.2, 0) is 25.4 Å². The lowest BCUT2D eigenvalue weighted by Crippen LogP contribution is -2.13. The Morgan fingerprint density at radius 2 is 1.39 bits per heavy atom. The highest BCUT2D eigenvalue weighted by molar-refractivity contribution is 5.23. The molecule has 0 aromatic heterocycles. The number of hydrogen-bond acceptors (Lipinski definition) is 4. The molecule has 0 radical (unpaired) electrons. The summed E-state index contributed by atoms with van der Waals surface area (Å²) in [5.74, 6) is 0. The molecule has 1 aromatic rings. The summed E-state index contributed by atoms with van der Waals surface area (Å²) in [6.07, 6.45) is 1.31. The van der Waals surface area contributed by atoms with Gasteiger partial charge in [-0.15, -0.1) is 0 Å². The molecule has 18 heavy (non-hydrogen) atoms. The Labute approximate surface area is 109 Å². The maximum atomic E-state index is 5.20. The Kier molecular flexibility index (Phi) is 6.90. The van der Waals surface area contributed by atoms with Crippen LogP contribution >= 0.6 is 0 Å². The SMILES string of the molecule is COC(CCc1ccc(C(OC)OC)cc1)OC. The third kappa shape index (κ3) is 4.38. The van der Waals surface area contributed by atoms with Crippen molar-refractivity contribution in [2.45, 2.75) is 25.4 Å². The lowest BCUT2D eigenvalue weighted by Gasteiger charge is -2.15. The van der Waals surface area contributed by atoms with E-state index in [2.05, 4.69) is 12.1 Å². The van der Waals surface area contributed by atoms with E-state index < -0.39 is 0 Å². The van der Waals surface area contributed by atoms with E-state index in [1.807, 2.05) is 12.1 Å².